The summed E-state index contributed by atoms with van der Waals surface area (Å²) in [6.07, 6.45) is -0.189. The number of aryl methyl sites for hydroxylation is 1. The topological polar surface area (TPSA) is 21.3 Å². The number of alkyl halides is 3. The molecule has 0 bridgehead atoms. The highest BCUT2D eigenvalue weighted by Crippen LogP contribution is 2.24. The van der Waals surface area contributed by atoms with Crippen molar-refractivity contribution in [2.24, 2.45) is 5.92 Å². The number of halogens is 3. The third-order valence-corrected chi connectivity index (χ3v) is 3.40. The van der Waals surface area contributed by atoms with Crippen LogP contribution in [0, 0.1) is 5.92 Å². The van der Waals surface area contributed by atoms with Gasteiger partial charge in [-0.15, -0.1) is 13.2 Å². The molecule has 1 heterocycles. The van der Waals surface area contributed by atoms with Crippen LogP contribution in [0.2, 0.25) is 0 Å². The van der Waals surface area contributed by atoms with Gasteiger partial charge in [-0.1, -0.05) is 12.1 Å². The van der Waals surface area contributed by atoms with Gasteiger partial charge in [0, 0.05) is 0 Å². The summed E-state index contributed by atoms with van der Waals surface area (Å²) in [6.45, 7) is 2.15. The minimum Gasteiger partial charge on any atom is -0.406 e. The number of piperidine rings is 1. The summed E-state index contributed by atoms with van der Waals surface area (Å²) in [5.41, 5.74) is 1.06. The Morgan fingerprint density at radius 3 is 2.53 bits per heavy atom. The molecule has 0 aromatic heterocycles. The van der Waals surface area contributed by atoms with Crippen LogP contribution in [0.25, 0.3) is 0 Å². The Bertz CT molecular complexity index is 383. The molecule has 0 spiro atoms. The quantitative estimate of drug-likeness (QED) is 0.906. The molecule has 1 fully saturated rings. The van der Waals surface area contributed by atoms with Crippen LogP contribution < -0.4 is 10.1 Å². The van der Waals surface area contributed by atoms with E-state index in [9.17, 15) is 13.2 Å². The SMILES string of the molecule is FC(F)(F)Oc1ccc(CCC2CCCNC2)cc1. The van der Waals surface area contributed by atoms with Crippen LogP contribution in [0.5, 0.6) is 5.75 Å². The van der Waals surface area contributed by atoms with E-state index < -0.39 is 6.36 Å². The smallest absolute Gasteiger partial charge is 0.406 e. The lowest BCUT2D eigenvalue weighted by Gasteiger charge is -2.22. The number of hydrogen-bond acceptors (Lipinski definition) is 2. The number of benzene rings is 1. The van der Waals surface area contributed by atoms with Gasteiger partial charge in [0.1, 0.15) is 5.75 Å². The molecule has 2 nitrogen and oxygen atoms in total. The van der Waals surface area contributed by atoms with Gasteiger partial charge in [0.05, 0.1) is 0 Å². The predicted octanol–water partition coefficient (Wildman–Crippen LogP) is 3.52. The monoisotopic (exact) mass is 273 g/mol. The zero-order valence-electron chi connectivity index (χ0n) is 10.7. The maximum atomic E-state index is 12.0. The molecule has 5 heteroatoms. The van der Waals surface area contributed by atoms with Gasteiger partial charge < -0.3 is 10.1 Å². The highest BCUT2D eigenvalue weighted by molar-refractivity contribution is 5.27. The first-order valence-corrected chi connectivity index (χ1v) is 6.58. The second kappa shape index (κ2) is 6.28. The number of nitrogens with one attached hydrogen (secondary N) is 1. The predicted molar refractivity (Wildman–Crippen MR) is 67.0 cm³/mol. The zero-order valence-corrected chi connectivity index (χ0v) is 10.7. The van der Waals surface area contributed by atoms with Crippen molar-refractivity contribution in [3.8, 4) is 5.75 Å². The van der Waals surface area contributed by atoms with Crippen LogP contribution >= 0.6 is 0 Å². The van der Waals surface area contributed by atoms with E-state index in [0.29, 0.717) is 5.92 Å². The van der Waals surface area contributed by atoms with E-state index in [-0.39, 0.29) is 5.75 Å². The van der Waals surface area contributed by atoms with Crippen molar-refractivity contribution in [3.63, 3.8) is 0 Å². The highest BCUT2D eigenvalue weighted by Gasteiger charge is 2.30. The summed E-state index contributed by atoms with van der Waals surface area (Å²) in [6, 6.07) is 6.17. The molecule has 1 aromatic rings. The minimum absolute atomic E-state index is 0.157. The van der Waals surface area contributed by atoms with Gasteiger partial charge in [-0.3, -0.25) is 0 Å². The Morgan fingerprint density at radius 2 is 1.95 bits per heavy atom. The molecule has 0 aliphatic carbocycles. The second-order valence-corrected chi connectivity index (χ2v) is 4.94. The Balaban J connectivity index is 1.81. The summed E-state index contributed by atoms with van der Waals surface area (Å²) in [7, 11) is 0. The average molecular weight is 273 g/mol. The van der Waals surface area contributed by atoms with Crippen molar-refractivity contribution in [1.29, 1.82) is 0 Å². The van der Waals surface area contributed by atoms with E-state index in [4.69, 9.17) is 0 Å². The molecule has 0 amide bonds. The van der Waals surface area contributed by atoms with Gasteiger partial charge >= 0.3 is 6.36 Å². The van der Waals surface area contributed by atoms with Crippen LogP contribution in [0.1, 0.15) is 24.8 Å². The van der Waals surface area contributed by atoms with E-state index in [1.807, 2.05) is 0 Å². The van der Waals surface area contributed by atoms with E-state index in [1.54, 1.807) is 12.1 Å². The van der Waals surface area contributed by atoms with Crippen molar-refractivity contribution in [2.45, 2.75) is 32.0 Å². The molecule has 1 saturated heterocycles. The first-order chi connectivity index (χ1) is 9.03. The van der Waals surface area contributed by atoms with Gasteiger partial charge in [0.2, 0.25) is 0 Å². The minimum atomic E-state index is -4.62. The Labute approximate surface area is 111 Å². The molecule has 19 heavy (non-hydrogen) atoms. The lowest BCUT2D eigenvalue weighted by molar-refractivity contribution is -0.274. The Kier molecular flexibility index (Phi) is 4.69. The lowest BCUT2D eigenvalue weighted by Crippen LogP contribution is -2.29. The van der Waals surface area contributed by atoms with E-state index in [1.165, 1.54) is 25.0 Å². The largest absolute Gasteiger partial charge is 0.573 e. The number of hydrogen-bond donors (Lipinski definition) is 1. The van der Waals surface area contributed by atoms with Crippen molar-refractivity contribution in [2.75, 3.05) is 13.1 Å². The third-order valence-electron chi connectivity index (χ3n) is 3.40. The molecule has 0 radical (unpaired) electrons. The maximum Gasteiger partial charge on any atom is 0.573 e. The molecule has 106 valence electrons. The fourth-order valence-electron chi connectivity index (χ4n) is 2.40. The third kappa shape index (κ3) is 5.11. The van der Waals surface area contributed by atoms with Crippen molar-refractivity contribution < 1.29 is 17.9 Å². The highest BCUT2D eigenvalue weighted by atomic mass is 19.4. The molecule has 2 rings (SSSR count). The summed E-state index contributed by atoms with van der Waals surface area (Å²) < 4.78 is 39.9. The van der Waals surface area contributed by atoms with Crippen LogP contribution in [0.3, 0.4) is 0 Å². The first kappa shape index (κ1) is 14.2. The van der Waals surface area contributed by atoms with E-state index in [0.717, 1.165) is 31.5 Å². The van der Waals surface area contributed by atoms with Gasteiger partial charge in [-0.05, 0) is 62.4 Å². The van der Waals surface area contributed by atoms with Gasteiger partial charge in [-0.25, -0.2) is 0 Å². The molecule has 1 aromatic carbocycles. The van der Waals surface area contributed by atoms with Crippen molar-refractivity contribution >= 4 is 0 Å². The Hall–Kier alpha value is -1.23. The fourth-order valence-corrected chi connectivity index (χ4v) is 2.40. The molecular formula is C14H18F3NO. The number of rotatable bonds is 4. The fraction of sp³-hybridized carbons (Fsp3) is 0.571. The summed E-state index contributed by atoms with van der Waals surface area (Å²) in [5.74, 6) is 0.524. The molecule has 0 saturated carbocycles. The molecule has 1 atom stereocenters. The molecule has 1 unspecified atom stereocenters. The lowest BCUT2D eigenvalue weighted by atomic mass is 9.93. The first-order valence-electron chi connectivity index (χ1n) is 6.58. The van der Waals surface area contributed by atoms with Gasteiger partial charge in [0.25, 0.3) is 0 Å². The van der Waals surface area contributed by atoms with Crippen LogP contribution in [0.15, 0.2) is 24.3 Å². The molecule has 1 aliphatic heterocycles. The summed E-state index contributed by atoms with van der Waals surface area (Å²) in [5, 5.41) is 3.36. The van der Waals surface area contributed by atoms with Crippen LogP contribution in [-0.4, -0.2) is 19.5 Å². The average Bonchev–Trinajstić information content (AvgIpc) is 2.37. The second-order valence-electron chi connectivity index (χ2n) is 4.94. The van der Waals surface area contributed by atoms with Crippen LogP contribution in [0.4, 0.5) is 13.2 Å². The summed E-state index contributed by atoms with van der Waals surface area (Å²) >= 11 is 0. The Morgan fingerprint density at radius 1 is 1.21 bits per heavy atom. The number of ether oxygens (including phenoxy) is 1. The normalized spacial score (nSPS) is 20.3. The zero-order chi connectivity index (χ0) is 13.7. The van der Waals surface area contributed by atoms with Crippen LogP contribution in [-0.2, 0) is 6.42 Å². The van der Waals surface area contributed by atoms with Crippen molar-refractivity contribution in [1.82, 2.24) is 5.32 Å². The standard InChI is InChI=1S/C14H18F3NO/c15-14(16,17)19-13-7-5-11(6-8-13)3-4-12-2-1-9-18-10-12/h5-8,12,18H,1-4,9-10H2. The summed E-state index contributed by atoms with van der Waals surface area (Å²) in [4.78, 5) is 0. The maximum absolute atomic E-state index is 12.0. The van der Waals surface area contributed by atoms with Crippen molar-refractivity contribution in [3.05, 3.63) is 29.8 Å². The molecular weight excluding hydrogens is 255 g/mol. The van der Waals surface area contributed by atoms with Gasteiger partial charge in [0.15, 0.2) is 0 Å². The molecule has 1 N–H and O–H groups in total. The van der Waals surface area contributed by atoms with E-state index in [2.05, 4.69) is 10.1 Å². The molecule has 1 aliphatic rings. The van der Waals surface area contributed by atoms with E-state index >= 15 is 0 Å². The van der Waals surface area contributed by atoms with Gasteiger partial charge in [-0.2, -0.15) is 0 Å².